The Balaban J connectivity index is 0.00000156. The van der Waals surface area contributed by atoms with Gasteiger partial charge in [-0.25, -0.2) is 0 Å². The summed E-state index contributed by atoms with van der Waals surface area (Å²) in [7, 11) is 0. The van der Waals surface area contributed by atoms with Crippen LogP contribution in [0.25, 0.3) is 0 Å². The van der Waals surface area contributed by atoms with Crippen LogP contribution in [-0.4, -0.2) is 44.3 Å². The van der Waals surface area contributed by atoms with E-state index < -0.39 is 0 Å². The highest BCUT2D eigenvalue weighted by Crippen LogP contribution is 2.41. The first-order chi connectivity index (χ1) is 10.7. The van der Waals surface area contributed by atoms with Crippen molar-refractivity contribution in [3.8, 4) is 11.5 Å². The van der Waals surface area contributed by atoms with Gasteiger partial charge in [0.05, 0.1) is 4.47 Å². The molecular formula is C17H24BrClN2O2. The lowest BCUT2D eigenvalue weighted by molar-refractivity contribution is 0.169. The summed E-state index contributed by atoms with van der Waals surface area (Å²) < 4.78 is 12.4. The molecule has 4 rings (SSSR count). The molecule has 0 aromatic heterocycles. The molecule has 0 amide bonds. The first-order valence-electron chi connectivity index (χ1n) is 8.25. The molecule has 128 valence electrons. The lowest BCUT2D eigenvalue weighted by Gasteiger charge is -2.34. The quantitative estimate of drug-likeness (QED) is 0.822. The fourth-order valence-corrected chi connectivity index (χ4v) is 4.65. The van der Waals surface area contributed by atoms with Crippen LogP contribution in [0.5, 0.6) is 11.5 Å². The molecule has 0 unspecified atom stereocenters. The molecule has 2 saturated heterocycles. The van der Waals surface area contributed by atoms with Crippen LogP contribution in [-0.2, 0) is 6.54 Å². The van der Waals surface area contributed by atoms with Gasteiger partial charge < -0.3 is 14.8 Å². The fraction of sp³-hybridized carbons (Fsp3) is 0.647. The van der Waals surface area contributed by atoms with Gasteiger partial charge in [0, 0.05) is 13.1 Å². The molecular weight excluding hydrogens is 380 g/mol. The van der Waals surface area contributed by atoms with Crippen LogP contribution < -0.4 is 14.8 Å². The van der Waals surface area contributed by atoms with Gasteiger partial charge in [0.15, 0.2) is 11.5 Å². The van der Waals surface area contributed by atoms with Crippen LogP contribution in [0.2, 0.25) is 0 Å². The van der Waals surface area contributed by atoms with Gasteiger partial charge in [0.25, 0.3) is 0 Å². The number of nitrogens with one attached hydrogen (secondary N) is 1. The van der Waals surface area contributed by atoms with Crippen molar-refractivity contribution in [2.45, 2.75) is 25.8 Å². The molecule has 4 nitrogen and oxygen atoms in total. The number of rotatable bonds is 2. The maximum Gasteiger partial charge on any atom is 0.175 e. The molecule has 23 heavy (non-hydrogen) atoms. The third-order valence-electron chi connectivity index (χ3n) is 5.24. The largest absolute Gasteiger partial charge is 0.486 e. The predicted octanol–water partition coefficient (Wildman–Crippen LogP) is 3.22. The van der Waals surface area contributed by atoms with E-state index in [0.29, 0.717) is 18.6 Å². The molecule has 0 radical (unpaired) electrons. The molecule has 0 bridgehead atoms. The summed E-state index contributed by atoms with van der Waals surface area (Å²) in [5, 5.41) is 3.49. The highest BCUT2D eigenvalue weighted by molar-refractivity contribution is 9.10. The third-order valence-corrected chi connectivity index (χ3v) is 5.83. The van der Waals surface area contributed by atoms with Gasteiger partial charge in [-0.3, -0.25) is 4.90 Å². The van der Waals surface area contributed by atoms with Crippen LogP contribution in [0.3, 0.4) is 0 Å². The summed E-state index contributed by atoms with van der Waals surface area (Å²) in [5.74, 6) is 1.73. The lowest BCUT2D eigenvalue weighted by atomic mass is 9.78. The summed E-state index contributed by atoms with van der Waals surface area (Å²) in [6, 6.07) is 4.33. The summed E-state index contributed by atoms with van der Waals surface area (Å²) in [6.45, 7) is 7.10. The Labute approximate surface area is 152 Å². The van der Waals surface area contributed by atoms with Gasteiger partial charge >= 0.3 is 0 Å². The normalized spacial score (nSPS) is 22.8. The second kappa shape index (κ2) is 7.18. The first-order valence-corrected chi connectivity index (χ1v) is 9.05. The van der Waals surface area contributed by atoms with E-state index in [0.717, 1.165) is 22.5 Å². The Morgan fingerprint density at radius 2 is 1.91 bits per heavy atom. The number of nitrogens with zero attached hydrogens (tertiary/aromatic N) is 1. The number of hydrogen-bond acceptors (Lipinski definition) is 4. The minimum Gasteiger partial charge on any atom is -0.486 e. The minimum absolute atomic E-state index is 0. The number of fused-ring (bicyclic) bond motifs is 1. The molecule has 0 saturated carbocycles. The maximum absolute atomic E-state index is 5.74. The van der Waals surface area contributed by atoms with Crippen LogP contribution in [0.1, 0.15) is 24.8 Å². The summed E-state index contributed by atoms with van der Waals surface area (Å²) in [5.41, 5.74) is 1.87. The molecule has 2 fully saturated rings. The summed E-state index contributed by atoms with van der Waals surface area (Å²) in [6.07, 6.45) is 4.00. The average Bonchev–Trinajstić information content (AvgIpc) is 2.90. The highest BCUT2D eigenvalue weighted by atomic mass is 79.9. The second-order valence-corrected chi connectivity index (χ2v) is 7.67. The number of ether oxygens (including phenoxy) is 2. The summed E-state index contributed by atoms with van der Waals surface area (Å²) >= 11 is 3.62. The molecule has 0 atom stereocenters. The third kappa shape index (κ3) is 3.63. The number of halogens is 2. The van der Waals surface area contributed by atoms with Crippen LogP contribution in [0, 0.1) is 5.41 Å². The molecule has 3 aliphatic rings. The molecule has 3 heterocycles. The minimum atomic E-state index is 0. The lowest BCUT2D eigenvalue weighted by Crippen LogP contribution is -2.38. The van der Waals surface area contributed by atoms with E-state index in [4.69, 9.17) is 9.47 Å². The zero-order chi connectivity index (χ0) is 15.0. The second-order valence-electron chi connectivity index (χ2n) is 6.81. The highest BCUT2D eigenvalue weighted by Gasteiger charge is 2.38. The van der Waals surface area contributed by atoms with Gasteiger partial charge in [-0.1, -0.05) is 0 Å². The first kappa shape index (κ1) is 17.3. The van der Waals surface area contributed by atoms with Crippen LogP contribution in [0.15, 0.2) is 16.6 Å². The molecule has 6 heteroatoms. The number of piperidine rings is 1. The zero-order valence-corrected chi connectivity index (χ0v) is 15.7. The van der Waals surface area contributed by atoms with E-state index in [1.807, 2.05) is 0 Å². The van der Waals surface area contributed by atoms with Gasteiger partial charge in [0.2, 0.25) is 0 Å². The van der Waals surface area contributed by atoms with Crippen molar-refractivity contribution in [2.24, 2.45) is 5.41 Å². The Hall–Kier alpha value is -0.490. The fourth-order valence-electron chi connectivity index (χ4n) is 4.04. The SMILES string of the molecule is Brc1cc(CN2CCC3(CCNCC3)C2)cc2c1OCCO2.Cl. The molecule has 0 aliphatic carbocycles. The number of hydrogen-bond donors (Lipinski definition) is 1. The van der Waals surface area contributed by atoms with Crippen molar-refractivity contribution in [1.82, 2.24) is 10.2 Å². The van der Waals surface area contributed by atoms with Crippen molar-refractivity contribution in [1.29, 1.82) is 0 Å². The number of likely N-dealkylation sites (tertiary alicyclic amines) is 1. The smallest absolute Gasteiger partial charge is 0.175 e. The van der Waals surface area contributed by atoms with Crippen molar-refractivity contribution in [3.63, 3.8) is 0 Å². The maximum atomic E-state index is 5.74. The standard InChI is InChI=1S/C17H23BrN2O2.ClH/c18-14-9-13(10-15-16(14)22-8-7-21-15)11-20-6-3-17(12-20)1-4-19-5-2-17;/h9-10,19H,1-8,11-12H2;1H. The van der Waals surface area contributed by atoms with Crippen molar-refractivity contribution >= 4 is 28.3 Å². The van der Waals surface area contributed by atoms with Gasteiger partial charge in [0.1, 0.15) is 13.2 Å². The Morgan fingerprint density at radius 3 is 2.74 bits per heavy atom. The molecule has 1 aromatic rings. The molecule has 1 spiro atoms. The van der Waals surface area contributed by atoms with Crippen molar-refractivity contribution in [3.05, 3.63) is 22.2 Å². The molecule has 1 N–H and O–H groups in total. The topological polar surface area (TPSA) is 33.7 Å². The zero-order valence-electron chi connectivity index (χ0n) is 13.3. The predicted molar refractivity (Wildman–Crippen MR) is 96.8 cm³/mol. The van der Waals surface area contributed by atoms with Crippen LogP contribution in [0.4, 0.5) is 0 Å². The van der Waals surface area contributed by atoms with E-state index in [1.54, 1.807) is 0 Å². The van der Waals surface area contributed by atoms with Gasteiger partial charge in [-0.2, -0.15) is 0 Å². The van der Waals surface area contributed by atoms with Crippen molar-refractivity contribution < 1.29 is 9.47 Å². The summed E-state index contributed by atoms with van der Waals surface area (Å²) in [4.78, 5) is 2.60. The van der Waals surface area contributed by atoms with E-state index >= 15 is 0 Å². The van der Waals surface area contributed by atoms with Gasteiger partial charge in [-0.05, 0) is 77.9 Å². The molecule has 3 aliphatic heterocycles. The van der Waals surface area contributed by atoms with E-state index in [2.05, 4.69) is 38.3 Å². The Morgan fingerprint density at radius 1 is 1.13 bits per heavy atom. The number of benzene rings is 1. The van der Waals surface area contributed by atoms with Crippen molar-refractivity contribution in [2.75, 3.05) is 39.4 Å². The van der Waals surface area contributed by atoms with E-state index in [1.165, 1.54) is 51.0 Å². The average molecular weight is 404 g/mol. The Kier molecular flexibility index (Phi) is 5.41. The van der Waals surface area contributed by atoms with E-state index in [-0.39, 0.29) is 12.4 Å². The molecule has 1 aromatic carbocycles. The monoisotopic (exact) mass is 402 g/mol. The van der Waals surface area contributed by atoms with Crippen LogP contribution >= 0.6 is 28.3 Å². The van der Waals surface area contributed by atoms with E-state index in [9.17, 15) is 0 Å². The van der Waals surface area contributed by atoms with Gasteiger partial charge in [-0.15, -0.1) is 12.4 Å². The Bertz CT molecular complexity index is 564.